The molecular weight excluding hydrogens is 282 g/mol. The van der Waals surface area contributed by atoms with Crippen LogP contribution in [0.15, 0.2) is 4.34 Å². The Morgan fingerprint density at radius 2 is 2.21 bits per heavy atom. The van der Waals surface area contributed by atoms with E-state index >= 15 is 0 Å². The molecule has 0 aromatic carbocycles. The van der Waals surface area contributed by atoms with Gasteiger partial charge in [0, 0.05) is 19.3 Å². The zero-order chi connectivity index (χ0) is 14.6. The summed E-state index contributed by atoms with van der Waals surface area (Å²) in [6.45, 7) is 3.87. The van der Waals surface area contributed by atoms with Gasteiger partial charge in [-0.15, -0.1) is 10.2 Å². The van der Waals surface area contributed by atoms with Crippen molar-refractivity contribution in [2.75, 3.05) is 26.0 Å². The molecule has 108 valence electrons. The fourth-order valence-corrected chi connectivity index (χ4v) is 3.81. The SMILES string of the molecule is CNC(C)(CC(C)Sc1nnc(N(C)C)s1)C(N)=O. The van der Waals surface area contributed by atoms with Crippen molar-refractivity contribution >= 4 is 34.1 Å². The standard InChI is InChI=1S/C11H21N5OS2/c1-7(6-11(2,13-3)8(12)17)18-10-15-14-9(19-10)16(4)5/h7,13H,6H2,1-5H3,(H2,12,17). The molecule has 1 aromatic heterocycles. The zero-order valence-corrected chi connectivity index (χ0v) is 13.6. The molecule has 2 unspecified atom stereocenters. The lowest BCUT2D eigenvalue weighted by Crippen LogP contribution is -2.52. The number of thioether (sulfide) groups is 1. The Morgan fingerprint density at radius 3 is 2.63 bits per heavy atom. The molecule has 0 aliphatic carbocycles. The van der Waals surface area contributed by atoms with E-state index in [0.29, 0.717) is 6.42 Å². The maximum Gasteiger partial charge on any atom is 0.237 e. The number of hydrogen-bond donors (Lipinski definition) is 2. The highest BCUT2D eigenvalue weighted by molar-refractivity contribution is 8.01. The first kappa shape index (κ1) is 16.2. The van der Waals surface area contributed by atoms with Crippen LogP contribution in [0.2, 0.25) is 0 Å². The monoisotopic (exact) mass is 303 g/mol. The summed E-state index contributed by atoms with van der Waals surface area (Å²) in [5, 5.41) is 12.3. The van der Waals surface area contributed by atoms with Crippen molar-refractivity contribution in [1.29, 1.82) is 0 Å². The molecule has 0 saturated carbocycles. The lowest BCUT2D eigenvalue weighted by atomic mass is 9.95. The molecule has 3 N–H and O–H groups in total. The number of hydrogen-bond acceptors (Lipinski definition) is 7. The van der Waals surface area contributed by atoms with Gasteiger partial charge in [-0.3, -0.25) is 4.79 Å². The van der Waals surface area contributed by atoms with Crippen molar-refractivity contribution in [3.05, 3.63) is 0 Å². The van der Waals surface area contributed by atoms with Crippen molar-refractivity contribution in [1.82, 2.24) is 15.5 Å². The molecule has 6 nitrogen and oxygen atoms in total. The fraction of sp³-hybridized carbons (Fsp3) is 0.727. The number of carbonyl (C=O) groups is 1. The van der Waals surface area contributed by atoms with Crippen LogP contribution in [0.3, 0.4) is 0 Å². The summed E-state index contributed by atoms with van der Waals surface area (Å²) in [7, 11) is 5.62. The van der Waals surface area contributed by atoms with Gasteiger partial charge in [0.2, 0.25) is 11.0 Å². The van der Waals surface area contributed by atoms with Crippen LogP contribution in [0, 0.1) is 0 Å². The minimum Gasteiger partial charge on any atom is -0.368 e. The van der Waals surface area contributed by atoms with Crippen LogP contribution in [-0.2, 0) is 4.79 Å². The maximum absolute atomic E-state index is 11.5. The first-order chi connectivity index (χ1) is 8.78. The number of rotatable bonds is 7. The Morgan fingerprint density at radius 1 is 1.58 bits per heavy atom. The van der Waals surface area contributed by atoms with Gasteiger partial charge in [0.15, 0.2) is 4.34 Å². The van der Waals surface area contributed by atoms with E-state index in [0.717, 1.165) is 9.47 Å². The summed E-state index contributed by atoms with van der Waals surface area (Å²) in [6.07, 6.45) is 0.639. The molecule has 0 spiro atoms. The molecule has 1 aromatic rings. The van der Waals surface area contributed by atoms with Gasteiger partial charge in [0.1, 0.15) is 0 Å². The Labute approximate surface area is 122 Å². The second kappa shape index (κ2) is 6.53. The third-order valence-corrected chi connectivity index (χ3v) is 5.15. The van der Waals surface area contributed by atoms with Crippen molar-refractivity contribution in [3.8, 4) is 0 Å². The van der Waals surface area contributed by atoms with Gasteiger partial charge in [-0.05, 0) is 20.4 Å². The Balaban J connectivity index is 2.64. The number of nitrogens with two attached hydrogens (primary N) is 1. The van der Waals surface area contributed by atoms with Crippen molar-refractivity contribution in [3.63, 3.8) is 0 Å². The number of carbonyl (C=O) groups excluding carboxylic acids is 1. The largest absolute Gasteiger partial charge is 0.368 e. The number of nitrogens with one attached hydrogen (secondary N) is 1. The molecule has 0 aliphatic rings. The molecule has 0 fully saturated rings. The number of likely N-dealkylation sites (N-methyl/N-ethyl adjacent to an activating group) is 1. The molecule has 19 heavy (non-hydrogen) atoms. The molecule has 0 bridgehead atoms. The van der Waals surface area contributed by atoms with E-state index in [1.165, 1.54) is 0 Å². The van der Waals surface area contributed by atoms with Crippen LogP contribution in [0.1, 0.15) is 20.3 Å². The van der Waals surface area contributed by atoms with Gasteiger partial charge in [0.25, 0.3) is 0 Å². The van der Waals surface area contributed by atoms with Gasteiger partial charge in [-0.25, -0.2) is 0 Å². The fourth-order valence-electron chi connectivity index (χ4n) is 1.55. The number of anilines is 1. The molecule has 1 amide bonds. The van der Waals surface area contributed by atoms with Crippen LogP contribution in [0.4, 0.5) is 5.13 Å². The number of nitrogens with zero attached hydrogens (tertiary/aromatic N) is 3. The van der Waals surface area contributed by atoms with E-state index in [9.17, 15) is 4.79 Å². The predicted octanol–water partition coefficient (Wildman–Crippen LogP) is 0.938. The topological polar surface area (TPSA) is 84.1 Å². The van der Waals surface area contributed by atoms with Gasteiger partial charge in [-0.1, -0.05) is 30.0 Å². The first-order valence-electron chi connectivity index (χ1n) is 5.95. The molecule has 2 atom stereocenters. The van der Waals surface area contributed by atoms with Gasteiger partial charge >= 0.3 is 0 Å². The number of aromatic nitrogens is 2. The van der Waals surface area contributed by atoms with Crippen LogP contribution in [0.5, 0.6) is 0 Å². The van der Waals surface area contributed by atoms with E-state index in [2.05, 4.69) is 22.4 Å². The minimum absolute atomic E-state index is 0.216. The predicted molar refractivity (Wildman–Crippen MR) is 80.8 cm³/mol. The summed E-state index contributed by atoms with van der Waals surface area (Å²) >= 11 is 3.15. The maximum atomic E-state index is 11.5. The number of primary amides is 1. The summed E-state index contributed by atoms with van der Waals surface area (Å²) in [5.74, 6) is -0.339. The van der Waals surface area contributed by atoms with E-state index in [-0.39, 0.29) is 11.2 Å². The molecule has 0 saturated heterocycles. The Kier molecular flexibility index (Phi) is 5.57. The average Bonchev–Trinajstić information content (AvgIpc) is 2.76. The Hall–Kier alpha value is -0.860. The quantitative estimate of drug-likeness (QED) is 0.729. The number of amides is 1. The Bertz CT molecular complexity index is 436. The smallest absolute Gasteiger partial charge is 0.237 e. The molecule has 1 rings (SSSR count). The minimum atomic E-state index is -0.693. The zero-order valence-electron chi connectivity index (χ0n) is 11.9. The molecular formula is C11H21N5OS2. The van der Waals surface area contributed by atoms with E-state index < -0.39 is 5.54 Å². The first-order valence-corrected chi connectivity index (χ1v) is 7.64. The van der Waals surface area contributed by atoms with Crippen molar-refractivity contribution in [2.24, 2.45) is 5.73 Å². The molecule has 1 heterocycles. The lowest BCUT2D eigenvalue weighted by molar-refractivity contribution is -0.123. The summed E-state index contributed by atoms with van der Waals surface area (Å²) < 4.78 is 0.902. The molecule has 0 radical (unpaired) electrons. The molecule has 8 heteroatoms. The van der Waals surface area contributed by atoms with Crippen molar-refractivity contribution < 1.29 is 4.79 Å². The lowest BCUT2D eigenvalue weighted by Gasteiger charge is -2.27. The second-order valence-electron chi connectivity index (χ2n) is 4.82. The summed E-state index contributed by atoms with van der Waals surface area (Å²) in [6, 6.07) is 0. The third kappa shape index (κ3) is 4.32. The highest BCUT2D eigenvalue weighted by atomic mass is 32.2. The highest BCUT2D eigenvalue weighted by Crippen LogP contribution is 2.32. The van der Waals surface area contributed by atoms with E-state index in [1.54, 1.807) is 30.1 Å². The van der Waals surface area contributed by atoms with Gasteiger partial charge < -0.3 is 16.0 Å². The van der Waals surface area contributed by atoms with Gasteiger partial charge in [-0.2, -0.15) is 0 Å². The van der Waals surface area contributed by atoms with Gasteiger partial charge in [0.05, 0.1) is 5.54 Å². The van der Waals surface area contributed by atoms with E-state index in [1.807, 2.05) is 25.9 Å². The highest BCUT2D eigenvalue weighted by Gasteiger charge is 2.31. The molecule has 0 aliphatic heterocycles. The van der Waals surface area contributed by atoms with Crippen LogP contribution >= 0.6 is 23.1 Å². The van der Waals surface area contributed by atoms with Crippen LogP contribution < -0.4 is 16.0 Å². The van der Waals surface area contributed by atoms with Crippen LogP contribution in [-0.4, -0.2) is 48.0 Å². The average molecular weight is 303 g/mol. The second-order valence-corrected chi connectivity index (χ2v) is 7.47. The van der Waals surface area contributed by atoms with E-state index in [4.69, 9.17) is 5.73 Å². The normalized spacial score (nSPS) is 15.8. The third-order valence-electron chi connectivity index (χ3n) is 2.87. The summed E-state index contributed by atoms with van der Waals surface area (Å²) in [5.41, 5.74) is 4.73. The summed E-state index contributed by atoms with van der Waals surface area (Å²) in [4.78, 5) is 13.4. The van der Waals surface area contributed by atoms with Crippen molar-refractivity contribution in [2.45, 2.75) is 35.4 Å². The van der Waals surface area contributed by atoms with Crippen LogP contribution in [0.25, 0.3) is 0 Å².